The van der Waals surface area contributed by atoms with Crippen molar-refractivity contribution in [3.05, 3.63) is 24.5 Å². The van der Waals surface area contributed by atoms with Crippen LogP contribution in [0.1, 0.15) is 31.5 Å². The van der Waals surface area contributed by atoms with E-state index < -0.39 is 0 Å². The number of hydrogen-bond donors (Lipinski definition) is 0. The van der Waals surface area contributed by atoms with E-state index in [4.69, 9.17) is 4.74 Å². The Labute approximate surface area is 78.0 Å². The monoisotopic (exact) mass is 178 g/mol. The number of aromatic nitrogens is 2. The van der Waals surface area contributed by atoms with Crippen molar-refractivity contribution in [3.8, 4) is 0 Å². The molecular weight excluding hydrogens is 164 g/mol. The minimum atomic E-state index is 0.628. The summed E-state index contributed by atoms with van der Waals surface area (Å²) in [5.41, 5.74) is 0.855. The summed E-state index contributed by atoms with van der Waals surface area (Å²) in [7, 11) is 0. The van der Waals surface area contributed by atoms with Crippen LogP contribution in [0.5, 0.6) is 0 Å². The first-order valence-corrected chi connectivity index (χ1v) is 4.68. The van der Waals surface area contributed by atoms with Crippen molar-refractivity contribution in [1.82, 2.24) is 9.78 Å². The fourth-order valence-corrected chi connectivity index (χ4v) is 1.28. The van der Waals surface area contributed by atoms with Gasteiger partial charge in [0.05, 0.1) is 12.6 Å². The van der Waals surface area contributed by atoms with Crippen molar-refractivity contribution in [2.75, 3.05) is 6.61 Å². The molecular formula is C10H14N2O. The molecule has 13 heavy (non-hydrogen) atoms. The minimum absolute atomic E-state index is 0.628. The van der Waals surface area contributed by atoms with Gasteiger partial charge in [0.1, 0.15) is 11.5 Å². The number of nitrogens with zero attached hydrogens (tertiary/aromatic N) is 2. The Kier molecular flexibility index (Phi) is 2.08. The van der Waals surface area contributed by atoms with Gasteiger partial charge in [-0.15, -0.1) is 0 Å². The molecule has 1 heterocycles. The van der Waals surface area contributed by atoms with Gasteiger partial charge >= 0.3 is 0 Å². The predicted octanol–water partition coefficient (Wildman–Crippen LogP) is 2.23. The standard InChI is InChI=1S/C10H14N2O/c1-3-13-8(2)10-6-7-12(11-10)9-4-5-9/h6-7,9H,2-5H2,1H3. The Morgan fingerprint density at radius 1 is 1.77 bits per heavy atom. The first kappa shape index (κ1) is 8.35. The molecule has 1 aliphatic rings. The van der Waals surface area contributed by atoms with Crippen LogP contribution in [0.25, 0.3) is 5.76 Å². The third kappa shape index (κ3) is 1.74. The van der Waals surface area contributed by atoms with E-state index in [-0.39, 0.29) is 0 Å². The number of hydrogen-bond acceptors (Lipinski definition) is 2. The molecule has 2 rings (SSSR count). The second kappa shape index (κ2) is 3.24. The topological polar surface area (TPSA) is 27.1 Å². The van der Waals surface area contributed by atoms with Crippen molar-refractivity contribution < 1.29 is 4.74 Å². The highest BCUT2D eigenvalue weighted by Gasteiger charge is 2.24. The van der Waals surface area contributed by atoms with Gasteiger partial charge in [0.2, 0.25) is 0 Å². The smallest absolute Gasteiger partial charge is 0.139 e. The summed E-state index contributed by atoms with van der Waals surface area (Å²) in [4.78, 5) is 0. The molecule has 0 bridgehead atoms. The van der Waals surface area contributed by atoms with Gasteiger partial charge in [-0.05, 0) is 25.8 Å². The normalized spacial score (nSPS) is 15.8. The molecule has 1 aliphatic carbocycles. The highest BCUT2D eigenvalue weighted by Crippen LogP contribution is 2.34. The predicted molar refractivity (Wildman–Crippen MR) is 51.2 cm³/mol. The maximum Gasteiger partial charge on any atom is 0.139 e. The molecule has 3 nitrogen and oxygen atoms in total. The lowest BCUT2D eigenvalue weighted by Gasteiger charge is -2.02. The molecule has 0 aromatic carbocycles. The molecule has 3 heteroatoms. The fraction of sp³-hybridized carbons (Fsp3) is 0.500. The quantitative estimate of drug-likeness (QED) is 0.661. The molecule has 1 aromatic rings. The Balaban J connectivity index is 2.07. The van der Waals surface area contributed by atoms with Crippen molar-refractivity contribution in [2.45, 2.75) is 25.8 Å². The molecule has 1 fully saturated rings. The lowest BCUT2D eigenvalue weighted by molar-refractivity contribution is 0.297. The van der Waals surface area contributed by atoms with Crippen LogP contribution in [-0.2, 0) is 4.74 Å². The zero-order valence-electron chi connectivity index (χ0n) is 7.86. The van der Waals surface area contributed by atoms with Gasteiger partial charge in [0.25, 0.3) is 0 Å². The Morgan fingerprint density at radius 2 is 2.54 bits per heavy atom. The van der Waals surface area contributed by atoms with Crippen LogP contribution in [0.15, 0.2) is 18.8 Å². The SMILES string of the molecule is C=C(OCC)c1ccn(C2CC2)n1. The summed E-state index contributed by atoms with van der Waals surface area (Å²) in [5.74, 6) is 0.668. The van der Waals surface area contributed by atoms with Gasteiger partial charge in [0, 0.05) is 6.20 Å². The summed E-state index contributed by atoms with van der Waals surface area (Å²) in [5, 5.41) is 4.38. The van der Waals surface area contributed by atoms with Gasteiger partial charge < -0.3 is 4.74 Å². The van der Waals surface area contributed by atoms with Crippen LogP contribution in [0.3, 0.4) is 0 Å². The van der Waals surface area contributed by atoms with Gasteiger partial charge in [-0.1, -0.05) is 6.58 Å². The maximum absolute atomic E-state index is 5.27. The minimum Gasteiger partial charge on any atom is -0.492 e. The second-order valence-electron chi connectivity index (χ2n) is 3.27. The molecule has 0 atom stereocenters. The molecule has 1 aromatic heterocycles. The average Bonchev–Trinajstić information content (AvgIpc) is 2.84. The second-order valence-corrected chi connectivity index (χ2v) is 3.27. The third-order valence-electron chi connectivity index (χ3n) is 2.13. The van der Waals surface area contributed by atoms with Gasteiger partial charge in [0.15, 0.2) is 0 Å². The van der Waals surface area contributed by atoms with E-state index in [1.807, 2.05) is 23.9 Å². The van der Waals surface area contributed by atoms with Crippen LogP contribution in [0.2, 0.25) is 0 Å². The molecule has 0 aliphatic heterocycles. The first-order chi connectivity index (χ1) is 6.31. The molecule has 0 amide bonds. The molecule has 0 N–H and O–H groups in total. The summed E-state index contributed by atoms with van der Waals surface area (Å²) < 4.78 is 7.27. The van der Waals surface area contributed by atoms with Gasteiger partial charge in [-0.3, -0.25) is 4.68 Å². The summed E-state index contributed by atoms with van der Waals surface area (Å²) in [6.07, 6.45) is 4.50. The van der Waals surface area contributed by atoms with E-state index in [9.17, 15) is 0 Å². The van der Waals surface area contributed by atoms with Crippen molar-refractivity contribution in [3.63, 3.8) is 0 Å². The fourth-order valence-electron chi connectivity index (χ4n) is 1.28. The average molecular weight is 178 g/mol. The third-order valence-corrected chi connectivity index (χ3v) is 2.13. The van der Waals surface area contributed by atoms with E-state index in [1.54, 1.807) is 0 Å². The lowest BCUT2D eigenvalue weighted by Crippen LogP contribution is -1.96. The Bertz CT molecular complexity index is 312. The largest absolute Gasteiger partial charge is 0.492 e. The molecule has 0 radical (unpaired) electrons. The zero-order chi connectivity index (χ0) is 9.26. The highest BCUT2D eigenvalue weighted by atomic mass is 16.5. The maximum atomic E-state index is 5.27. The summed E-state index contributed by atoms with van der Waals surface area (Å²) >= 11 is 0. The van der Waals surface area contributed by atoms with Crippen molar-refractivity contribution in [1.29, 1.82) is 0 Å². The van der Waals surface area contributed by atoms with Crippen LogP contribution >= 0.6 is 0 Å². The zero-order valence-corrected chi connectivity index (χ0v) is 7.86. The van der Waals surface area contributed by atoms with Crippen LogP contribution in [-0.4, -0.2) is 16.4 Å². The summed E-state index contributed by atoms with van der Waals surface area (Å²) in [6, 6.07) is 2.58. The Hall–Kier alpha value is -1.25. The van der Waals surface area contributed by atoms with E-state index in [1.165, 1.54) is 12.8 Å². The van der Waals surface area contributed by atoms with Crippen molar-refractivity contribution >= 4 is 5.76 Å². The van der Waals surface area contributed by atoms with Crippen LogP contribution in [0, 0.1) is 0 Å². The van der Waals surface area contributed by atoms with E-state index in [0.29, 0.717) is 18.4 Å². The van der Waals surface area contributed by atoms with Gasteiger partial charge in [-0.2, -0.15) is 5.10 Å². The lowest BCUT2D eigenvalue weighted by atomic mass is 10.4. The van der Waals surface area contributed by atoms with Gasteiger partial charge in [-0.25, -0.2) is 0 Å². The first-order valence-electron chi connectivity index (χ1n) is 4.68. The van der Waals surface area contributed by atoms with Crippen molar-refractivity contribution in [2.24, 2.45) is 0 Å². The molecule has 1 saturated carbocycles. The number of rotatable bonds is 4. The molecule has 70 valence electrons. The highest BCUT2D eigenvalue weighted by molar-refractivity contribution is 5.52. The van der Waals surface area contributed by atoms with Crippen LogP contribution in [0.4, 0.5) is 0 Å². The number of ether oxygens (including phenoxy) is 1. The molecule has 0 saturated heterocycles. The van der Waals surface area contributed by atoms with E-state index in [2.05, 4.69) is 11.7 Å². The van der Waals surface area contributed by atoms with E-state index in [0.717, 1.165) is 5.69 Å². The molecule has 0 spiro atoms. The molecule has 0 unspecified atom stereocenters. The summed E-state index contributed by atoms with van der Waals surface area (Å²) in [6.45, 7) is 6.41. The Morgan fingerprint density at radius 3 is 3.15 bits per heavy atom. The van der Waals surface area contributed by atoms with Crippen LogP contribution < -0.4 is 0 Å². The van der Waals surface area contributed by atoms with E-state index >= 15 is 0 Å².